The molecule has 6 heteroatoms. The second kappa shape index (κ2) is 9.26. The fourth-order valence-corrected chi connectivity index (χ4v) is 3.67. The summed E-state index contributed by atoms with van der Waals surface area (Å²) < 4.78 is 0. The minimum absolute atomic E-state index is 0.102. The summed E-state index contributed by atoms with van der Waals surface area (Å²) in [6.45, 7) is 0. The molecule has 0 spiro atoms. The van der Waals surface area contributed by atoms with Crippen molar-refractivity contribution in [3.8, 4) is 0 Å². The number of carbonyl (C=O) groups excluding carboxylic acids is 3. The molecule has 3 amide bonds. The van der Waals surface area contributed by atoms with E-state index in [1.807, 2.05) is 60.7 Å². The van der Waals surface area contributed by atoms with Gasteiger partial charge in [0.15, 0.2) is 0 Å². The molecule has 0 aliphatic carbocycles. The Morgan fingerprint density at radius 3 is 2.06 bits per heavy atom. The van der Waals surface area contributed by atoms with Crippen molar-refractivity contribution in [3.63, 3.8) is 0 Å². The molecule has 1 aliphatic rings. The van der Waals surface area contributed by atoms with Crippen molar-refractivity contribution in [1.82, 2.24) is 10.6 Å². The maximum absolute atomic E-state index is 12.8. The van der Waals surface area contributed by atoms with E-state index in [0.717, 1.165) is 11.1 Å². The second-order valence-corrected chi connectivity index (χ2v) is 7.42. The van der Waals surface area contributed by atoms with Gasteiger partial charge in [-0.3, -0.25) is 14.4 Å². The zero-order chi connectivity index (χ0) is 21.6. The van der Waals surface area contributed by atoms with Crippen LogP contribution < -0.4 is 16.0 Å². The molecule has 156 valence electrons. The van der Waals surface area contributed by atoms with Crippen LogP contribution >= 0.6 is 0 Å². The molecule has 3 aromatic carbocycles. The Balaban J connectivity index is 1.43. The molecule has 31 heavy (non-hydrogen) atoms. The largest absolute Gasteiger partial charge is 0.345 e. The minimum Gasteiger partial charge on any atom is -0.345 e. The molecule has 6 nitrogen and oxygen atoms in total. The first-order valence-corrected chi connectivity index (χ1v) is 10.2. The summed E-state index contributed by atoms with van der Waals surface area (Å²) in [4.78, 5) is 37.8. The van der Waals surface area contributed by atoms with E-state index in [1.54, 1.807) is 24.3 Å². The number of amides is 3. The van der Waals surface area contributed by atoms with Gasteiger partial charge in [-0.25, -0.2) is 0 Å². The molecule has 0 bridgehead atoms. The van der Waals surface area contributed by atoms with Crippen LogP contribution in [0.25, 0.3) is 0 Å². The lowest BCUT2D eigenvalue weighted by molar-refractivity contribution is -0.122. The highest BCUT2D eigenvalue weighted by Crippen LogP contribution is 2.23. The predicted octanol–water partition coefficient (Wildman–Crippen LogP) is 3.42. The third kappa shape index (κ3) is 4.80. The number of hydrogen-bond donors (Lipinski definition) is 3. The van der Waals surface area contributed by atoms with E-state index in [1.165, 1.54) is 0 Å². The van der Waals surface area contributed by atoms with Crippen molar-refractivity contribution < 1.29 is 14.4 Å². The van der Waals surface area contributed by atoms with E-state index in [-0.39, 0.29) is 36.6 Å². The number of anilines is 1. The van der Waals surface area contributed by atoms with Crippen LogP contribution in [-0.4, -0.2) is 23.8 Å². The first-order valence-electron chi connectivity index (χ1n) is 10.2. The van der Waals surface area contributed by atoms with E-state index in [2.05, 4.69) is 16.0 Å². The molecule has 1 atom stereocenters. The number of carbonyl (C=O) groups is 3. The van der Waals surface area contributed by atoms with Crippen LogP contribution in [0.4, 0.5) is 5.69 Å². The highest BCUT2D eigenvalue weighted by molar-refractivity contribution is 6.09. The summed E-state index contributed by atoms with van der Waals surface area (Å²) >= 11 is 0. The lowest BCUT2D eigenvalue weighted by Gasteiger charge is -2.21. The Bertz CT molecular complexity index is 1040. The zero-order valence-corrected chi connectivity index (χ0v) is 16.9. The molecule has 0 saturated heterocycles. The average Bonchev–Trinajstić information content (AvgIpc) is 2.93. The second-order valence-electron chi connectivity index (χ2n) is 7.42. The molecule has 0 aromatic heterocycles. The lowest BCUT2D eigenvalue weighted by Crippen LogP contribution is -2.42. The Morgan fingerprint density at radius 1 is 0.839 bits per heavy atom. The highest BCUT2D eigenvalue weighted by atomic mass is 16.2. The third-order valence-electron chi connectivity index (χ3n) is 5.28. The molecule has 0 unspecified atom stereocenters. The van der Waals surface area contributed by atoms with Gasteiger partial charge in [0, 0.05) is 6.42 Å². The Labute approximate surface area is 180 Å². The van der Waals surface area contributed by atoms with Crippen LogP contribution in [-0.2, 0) is 9.59 Å². The summed E-state index contributed by atoms with van der Waals surface area (Å²) in [6, 6.07) is 25.2. The van der Waals surface area contributed by atoms with Gasteiger partial charge >= 0.3 is 0 Å². The van der Waals surface area contributed by atoms with Crippen LogP contribution in [0.15, 0.2) is 84.9 Å². The van der Waals surface area contributed by atoms with Gasteiger partial charge in [0.05, 0.1) is 17.3 Å². The van der Waals surface area contributed by atoms with Gasteiger partial charge in [-0.15, -0.1) is 0 Å². The number of nitrogens with one attached hydrogen (secondary N) is 3. The topological polar surface area (TPSA) is 87.3 Å². The number of benzene rings is 3. The predicted molar refractivity (Wildman–Crippen MR) is 118 cm³/mol. The Hall–Kier alpha value is -3.93. The molecule has 0 fully saturated rings. The third-order valence-corrected chi connectivity index (χ3v) is 5.28. The highest BCUT2D eigenvalue weighted by Gasteiger charge is 2.28. The quantitative estimate of drug-likeness (QED) is 0.579. The zero-order valence-electron chi connectivity index (χ0n) is 16.9. The van der Waals surface area contributed by atoms with Gasteiger partial charge in [-0.1, -0.05) is 72.8 Å². The molecule has 4 rings (SSSR count). The van der Waals surface area contributed by atoms with E-state index in [9.17, 15) is 14.4 Å². The molecule has 1 heterocycles. The molecule has 3 N–H and O–H groups in total. The Morgan fingerprint density at radius 2 is 1.42 bits per heavy atom. The SMILES string of the molecule is O=C(CC[C@@H]1NC(=O)c2ccccc2NC1=O)NC(c1ccccc1)c1ccccc1. The summed E-state index contributed by atoms with van der Waals surface area (Å²) in [5, 5.41) is 8.56. The summed E-state index contributed by atoms with van der Waals surface area (Å²) in [5.41, 5.74) is 2.83. The van der Waals surface area contributed by atoms with Crippen LogP contribution in [0.3, 0.4) is 0 Å². The van der Waals surface area contributed by atoms with Gasteiger partial charge < -0.3 is 16.0 Å². The van der Waals surface area contributed by atoms with Gasteiger partial charge in [0.2, 0.25) is 11.8 Å². The van der Waals surface area contributed by atoms with Crippen LogP contribution in [0.5, 0.6) is 0 Å². The van der Waals surface area contributed by atoms with Gasteiger partial charge in [-0.05, 0) is 29.7 Å². The van der Waals surface area contributed by atoms with Gasteiger partial charge in [0.25, 0.3) is 5.91 Å². The van der Waals surface area contributed by atoms with Crippen LogP contribution in [0.1, 0.15) is 40.4 Å². The fourth-order valence-electron chi connectivity index (χ4n) is 3.67. The molecule has 0 saturated carbocycles. The molecular formula is C25H23N3O3. The molecule has 0 radical (unpaired) electrons. The average molecular weight is 413 g/mol. The maximum Gasteiger partial charge on any atom is 0.254 e. The van der Waals surface area contributed by atoms with Crippen LogP contribution in [0.2, 0.25) is 0 Å². The lowest BCUT2D eigenvalue weighted by atomic mass is 9.98. The van der Waals surface area contributed by atoms with Crippen molar-refractivity contribution in [2.75, 3.05) is 5.32 Å². The first-order chi connectivity index (χ1) is 15.1. The van der Waals surface area contributed by atoms with E-state index >= 15 is 0 Å². The standard InChI is InChI=1S/C25H23N3O3/c29-22(28-23(17-9-3-1-4-10-17)18-11-5-2-6-12-18)16-15-21-25(31)26-20-14-8-7-13-19(20)24(30)27-21/h1-14,21,23H,15-16H2,(H,26,31)(H,27,30)(H,28,29)/t21-/m0/s1. The fraction of sp³-hybridized carbons (Fsp3) is 0.160. The number of hydrogen-bond acceptors (Lipinski definition) is 3. The minimum atomic E-state index is -0.780. The molecule has 1 aliphatic heterocycles. The normalized spacial score (nSPS) is 15.5. The monoisotopic (exact) mass is 413 g/mol. The maximum atomic E-state index is 12.8. The van der Waals surface area contributed by atoms with E-state index < -0.39 is 6.04 Å². The van der Waals surface area contributed by atoms with Gasteiger partial charge in [-0.2, -0.15) is 0 Å². The van der Waals surface area contributed by atoms with Gasteiger partial charge in [0.1, 0.15) is 6.04 Å². The smallest absolute Gasteiger partial charge is 0.254 e. The van der Waals surface area contributed by atoms with Crippen molar-refractivity contribution in [2.45, 2.75) is 24.9 Å². The van der Waals surface area contributed by atoms with E-state index in [0.29, 0.717) is 11.3 Å². The summed E-state index contributed by atoms with van der Waals surface area (Å²) in [6.07, 6.45) is 0.304. The number of para-hydroxylation sites is 1. The van der Waals surface area contributed by atoms with Crippen molar-refractivity contribution >= 4 is 23.4 Å². The molecular weight excluding hydrogens is 390 g/mol. The first kappa shape index (κ1) is 20.3. The van der Waals surface area contributed by atoms with Crippen molar-refractivity contribution in [3.05, 3.63) is 102 Å². The summed E-state index contributed by atoms with van der Waals surface area (Å²) in [7, 11) is 0. The summed E-state index contributed by atoms with van der Waals surface area (Å²) in [5.74, 6) is -0.846. The number of fused-ring (bicyclic) bond motifs is 1. The number of rotatable bonds is 6. The van der Waals surface area contributed by atoms with Crippen molar-refractivity contribution in [2.24, 2.45) is 0 Å². The molecule has 3 aromatic rings. The van der Waals surface area contributed by atoms with E-state index in [4.69, 9.17) is 0 Å². The Kier molecular flexibility index (Phi) is 6.08. The van der Waals surface area contributed by atoms with Crippen LogP contribution in [0, 0.1) is 0 Å². The van der Waals surface area contributed by atoms with Crippen molar-refractivity contribution in [1.29, 1.82) is 0 Å².